The number of pyridine rings is 1. The number of aromatic nitrogens is 3. The molecule has 0 aliphatic carbocycles. The van der Waals surface area contributed by atoms with Crippen molar-refractivity contribution in [1.29, 1.82) is 0 Å². The van der Waals surface area contributed by atoms with Gasteiger partial charge in [0.05, 0.1) is 5.38 Å². The van der Waals surface area contributed by atoms with E-state index in [0.717, 1.165) is 18.5 Å². The lowest BCUT2D eigenvalue weighted by atomic mass is 10.2. The standard InChI is InChI=1S/C12H14ClN3O2/c1-3-4-9(13)11-15-12(18-16-11)8-6-14-7(2)5-10(8)17/h5-6,9H,3-4H2,1-2H3,(H,14,17). The molecular weight excluding hydrogens is 254 g/mol. The molecule has 5 nitrogen and oxygen atoms in total. The first-order valence-corrected chi connectivity index (χ1v) is 6.23. The predicted molar refractivity (Wildman–Crippen MR) is 68.6 cm³/mol. The van der Waals surface area contributed by atoms with Gasteiger partial charge in [0, 0.05) is 18.0 Å². The molecule has 2 aromatic rings. The topological polar surface area (TPSA) is 71.8 Å². The van der Waals surface area contributed by atoms with Crippen molar-refractivity contribution in [2.45, 2.75) is 32.1 Å². The third-order valence-corrected chi connectivity index (χ3v) is 2.97. The second-order valence-electron chi connectivity index (χ2n) is 4.11. The average molecular weight is 268 g/mol. The zero-order valence-electron chi connectivity index (χ0n) is 10.2. The zero-order chi connectivity index (χ0) is 13.1. The largest absolute Gasteiger partial charge is 0.364 e. The molecule has 0 aliphatic heterocycles. The summed E-state index contributed by atoms with van der Waals surface area (Å²) in [5.74, 6) is 0.626. The van der Waals surface area contributed by atoms with Crippen LogP contribution in [0, 0.1) is 6.92 Å². The van der Waals surface area contributed by atoms with Crippen LogP contribution in [0.2, 0.25) is 0 Å². The lowest BCUT2D eigenvalue weighted by Gasteiger charge is -1.99. The van der Waals surface area contributed by atoms with E-state index < -0.39 is 0 Å². The highest BCUT2D eigenvalue weighted by Gasteiger charge is 2.17. The Morgan fingerprint density at radius 2 is 2.33 bits per heavy atom. The van der Waals surface area contributed by atoms with Crippen molar-refractivity contribution < 1.29 is 4.52 Å². The van der Waals surface area contributed by atoms with Crippen molar-refractivity contribution in [2.24, 2.45) is 0 Å². The van der Waals surface area contributed by atoms with Crippen LogP contribution in [0.1, 0.15) is 36.7 Å². The van der Waals surface area contributed by atoms with Crippen molar-refractivity contribution in [1.82, 2.24) is 15.1 Å². The maximum atomic E-state index is 11.8. The van der Waals surface area contributed by atoms with E-state index in [2.05, 4.69) is 15.1 Å². The molecular formula is C12H14ClN3O2. The average Bonchev–Trinajstić information content (AvgIpc) is 2.78. The lowest BCUT2D eigenvalue weighted by Crippen LogP contribution is -2.05. The van der Waals surface area contributed by atoms with Gasteiger partial charge in [-0.1, -0.05) is 18.5 Å². The van der Waals surface area contributed by atoms with Crippen molar-refractivity contribution in [3.8, 4) is 11.5 Å². The summed E-state index contributed by atoms with van der Waals surface area (Å²) in [6.45, 7) is 3.83. The second-order valence-corrected chi connectivity index (χ2v) is 4.63. The van der Waals surface area contributed by atoms with Crippen molar-refractivity contribution in [3.05, 3.63) is 34.0 Å². The predicted octanol–water partition coefficient (Wildman–Crippen LogP) is 2.81. The monoisotopic (exact) mass is 267 g/mol. The van der Waals surface area contributed by atoms with Crippen LogP contribution < -0.4 is 5.43 Å². The Bertz CT molecular complexity index is 591. The number of halogens is 1. The minimum absolute atomic E-state index is 0.150. The molecule has 2 rings (SSSR count). The van der Waals surface area contributed by atoms with Crippen LogP contribution >= 0.6 is 11.6 Å². The number of nitrogens with one attached hydrogen (secondary N) is 1. The van der Waals surface area contributed by atoms with Crippen LogP contribution in [0.25, 0.3) is 11.5 Å². The number of rotatable bonds is 4. The summed E-state index contributed by atoms with van der Waals surface area (Å²) >= 11 is 6.10. The SMILES string of the molecule is CCCC(Cl)c1noc(-c2c[nH]c(C)cc2=O)n1. The van der Waals surface area contributed by atoms with Crippen LogP contribution in [0.3, 0.4) is 0 Å². The molecule has 0 fully saturated rings. The first kappa shape index (κ1) is 12.8. The highest BCUT2D eigenvalue weighted by atomic mass is 35.5. The molecule has 0 spiro atoms. The molecule has 1 N–H and O–H groups in total. The number of aryl methyl sites for hydroxylation is 1. The van der Waals surface area contributed by atoms with Gasteiger partial charge in [0.1, 0.15) is 5.56 Å². The van der Waals surface area contributed by atoms with Crippen LogP contribution in [0.5, 0.6) is 0 Å². The van der Waals surface area contributed by atoms with Gasteiger partial charge in [0.2, 0.25) is 0 Å². The zero-order valence-corrected chi connectivity index (χ0v) is 11.0. The molecule has 0 saturated carbocycles. The Morgan fingerprint density at radius 1 is 1.56 bits per heavy atom. The van der Waals surface area contributed by atoms with E-state index in [4.69, 9.17) is 16.1 Å². The van der Waals surface area contributed by atoms with Crippen LogP contribution in [0.15, 0.2) is 21.6 Å². The molecule has 0 radical (unpaired) electrons. The lowest BCUT2D eigenvalue weighted by molar-refractivity contribution is 0.420. The number of hydrogen-bond donors (Lipinski definition) is 1. The minimum Gasteiger partial charge on any atom is -0.364 e. The summed E-state index contributed by atoms with van der Waals surface area (Å²) in [5, 5.41) is 3.52. The summed E-state index contributed by atoms with van der Waals surface area (Å²) in [6, 6.07) is 1.49. The molecule has 96 valence electrons. The molecule has 1 unspecified atom stereocenters. The fourth-order valence-electron chi connectivity index (χ4n) is 1.59. The van der Waals surface area contributed by atoms with Crippen LogP contribution in [0.4, 0.5) is 0 Å². The molecule has 0 saturated heterocycles. The van der Waals surface area contributed by atoms with E-state index >= 15 is 0 Å². The van der Waals surface area contributed by atoms with Crippen LogP contribution in [-0.2, 0) is 0 Å². The molecule has 0 bridgehead atoms. The van der Waals surface area contributed by atoms with Crippen molar-refractivity contribution in [2.75, 3.05) is 0 Å². The smallest absolute Gasteiger partial charge is 0.263 e. The first-order chi connectivity index (χ1) is 8.61. The molecule has 18 heavy (non-hydrogen) atoms. The normalized spacial score (nSPS) is 12.6. The van der Waals surface area contributed by atoms with Crippen molar-refractivity contribution in [3.63, 3.8) is 0 Å². The Kier molecular flexibility index (Phi) is 3.81. The van der Waals surface area contributed by atoms with E-state index in [9.17, 15) is 4.79 Å². The van der Waals surface area contributed by atoms with E-state index in [1.165, 1.54) is 6.07 Å². The van der Waals surface area contributed by atoms with E-state index in [-0.39, 0.29) is 16.7 Å². The molecule has 0 aliphatic rings. The summed E-state index contributed by atoms with van der Waals surface area (Å²) in [4.78, 5) is 18.9. The second kappa shape index (κ2) is 5.35. The van der Waals surface area contributed by atoms with Gasteiger partial charge in [-0.15, -0.1) is 11.6 Å². The van der Waals surface area contributed by atoms with E-state index in [1.807, 2.05) is 6.92 Å². The molecule has 2 heterocycles. The van der Waals surface area contributed by atoms with Gasteiger partial charge in [0.15, 0.2) is 11.3 Å². The van der Waals surface area contributed by atoms with Gasteiger partial charge in [-0.2, -0.15) is 4.98 Å². The quantitative estimate of drug-likeness (QED) is 0.865. The van der Waals surface area contributed by atoms with E-state index in [1.54, 1.807) is 13.1 Å². The summed E-state index contributed by atoms with van der Waals surface area (Å²) < 4.78 is 5.07. The highest BCUT2D eigenvalue weighted by molar-refractivity contribution is 6.20. The molecule has 0 amide bonds. The molecule has 0 aromatic carbocycles. The summed E-state index contributed by atoms with van der Waals surface area (Å²) in [5.41, 5.74) is 0.993. The van der Waals surface area contributed by atoms with Crippen molar-refractivity contribution >= 4 is 11.6 Å². The first-order valence-electron chi connectivity index (χ1n) is 5.79. The third kappa shape index (κ3) is 2.61. The van der Waals surface area contributed by atoms with Gasteiger partial charge in [-0.05, 0) is 13.3 Å². The van der Waals surface area contributed by atoms with Gasteiger partial charge in [-0.25, -0.2) is 0 Å². The fraction of sp³-hybridized carbons (Fsp3) is 0.417. The fourth-order valence-corrected chi connectivity index (χ4v) is 1.90. The summed E-state index contributed by atoms with van der Waals surface area (Å²) in [7, 11) is 0. The van der Waals surface area contributed by atoms with Gasteiger partial charge < -0.3 is 9.51 Å². The molecule has 1 atom stereocenters. The Morgan fingerprint density at radius 3 is 3.00 bits per heavy atom. The van der Waals surface area contributed by atoms with Crippen LogP contribution in [-0.4, -0.2) is 15.1 Å². The van der Waals surface area contributed by atoms with Gasteiger partial charge >= 0.3 is 0 Å². The maximum Gasteiger partial charge on any atom is 0.263 e. The summed E-state index contributed by atoms with van der Waals surface area (Å²) in [6.07, 6.45) is 3.27. The number of alkyl halides is 1. The van der Waals surface area contributed by atoms with Gasteiger partial charge in [0.25, 0.3) is 5.89 Å². The number of H-pyrrole nitrogens is 1. The third-order valence-electron chi connectivity index (χ3n) is 2.55. The number of aromatic amines is 1. The Labute approximate surface area is 109 Å². The Hall–Kier alpha value is -1.62. The molecule has 6 heteroatoms. The highest BCUT2D eigenvalue weighted by Crippen LogP contribution is 2.24. The molecule has 2 aromatic heterocycles. The Balaban J connectivity index is 2.32. The number of hydrogen-bond acceptors (Lipinski definition) is 4. The number of nitrogens with zero attached hydrogens (tertiary/aromatic N) is 2. The van der Waals surface area contributed by atoms with Gasteiger partial charge in [-0.3, -0.25) is 4.79 Å². The van der Waals surface area contributed by atoms with E-state index in [0.29, 0.717) is 11.4 Å². The minimum atomic E-state index is -0.281. The maximum absolute atomic E-state index is 11.8.